The zero-order chi connectivity index (χ0) is 10.3. The molecule has 0 unspecified atom stereocenters. The Bertz CT molecular complexity index is 464. The van der Waals surface area contributed by atoms with E-state index in [0.29, 0.717) is 5.82 Å². The molecule has 2 N–H and O–H groups in total. The van der Waals surface area contributed by atoms with Crippen molar-refractivity contribution in [1.82, 2.24) is 14.6 Å². The standard InChI is InChI=1S/C10H14N4/c1-10(2,3)7-6-14-9(12-7)5-4-8(11)13-14/h4-6H,1-3H3,(H2,11,13). The van der Waals surface area contributed by atoms with E-state index in [9.17, 15) is 0 Å². The van der Waals surface area contributed by atoms with Gasteiger partial charge in [0.1, 0.15) is 5.82 Å². The molecule has 0 radical (unpaired) electrons. The molecular weight excluding hydrogens is 176 g/mol. The van der Waals surface area contributed by atoms with E-state index in [1.54, 1.807) is 10.6 Å². The molecule has 0 aliphatic rings. The Morgan fingerprint density at radius 3 is 2.64 bits per heavy atom. The summed E-state index contributed by atoms with van der Waals surface area (Å²) in [7, 11) is 0. The van der Waals surface area contributed by atoms with E-state index in [1.807, 2.05) is 12.3 Å². The number of anilines is 1. The van der Waals surface area contributed by atoms with Gasteiger partial charge in [-0.3, -0.25) is 0 Å². The van der Waals surface area contributed by atoms with Gasteiger partial charge in [0.2, 0.25) is 0 Å². The Kier molecular flexibility index (Phi) is 1.74. The summed E-state index contributed by atoms with van der Waals surface area (Å²) in [5, 5.41) is 4.14. The molecule has 2 heterocycles. The molecule has 0 aliphatic carbocycles. The molecule has 4 nitrogen and oxygen atoms in total. The molecule has 0 atom stereocenters. The summed E-state index contributed by atoms with van der Waals surface area (Å²) in [6.45, 7) is 6.37. The maximum Gasteiger partial charge on any atom is 0.153 e. The lowest BCUT2D eigenvalue weighted by Gasteiger charge is -2.13. The maximum atomic E-state index is 5.58. The molecule has 0 aliphatic heterocycles. The molecular formula is C10H14N4. The molecule has 0 saturated carbocycles. The van der Waals surface area contributed by atoms with Crippen LogP contribution in [0.3, 0.4) is 0 Å². The van der Waals surface area contributed by atoms with E-state index in [-0.39, 0.29) is 5.41 Å². The Balaban J connectivity index is 2.63. The van der Waals surface area contributed by atoms with Crippen LogP contribution in [0.5, 0.6) is 0 Å². The van der Waals surface area contributed by atoms with Gasteiger partial charge in [-0.25, -0.2) is 9.50 Å². The summed E-state index contributed by atoms with van der Waals surface area (Å²) in [5.74, 6) is 0.510. The Labute approximate surface area is 82.8 Å². The first-order valence-corrected chi connectivity index (χ1v) is 4.59. The number of rotatable bonds is 0. The highest BCUT2D eigenvalue weighted by Gasteiger charge is 2.17. The first kappa shape index (κ1) is 8.99. The minimum absolute atomic E-state index is 0.0441. The Hall–Kier alpha value is -1.58. The quantitative estimate of drug-likeness (QED) is 0.686. The molecule has 0 fully saturated rings. The fraction of sp³-hybridized carbons (Fsp3) is 0.400. The number of nitrogens with two attached hydrogens (primary N) is 1. The third-order valence-corrected chi connectivity index (χ3v) is 2.11. The zero-order valence-corrected chi connectivity index (χ0v) is 8.65. The molecule has 2 rings (SSSR count). The SMILES string of the molecule is CC(C)(C)c1cn2nc(N)ccc2n1. The van der Waals surface area contributed by atoms with Gasteiger partial charge in [0.05, 0.1) is 11.9 Å². The number of hydrogen-bond acceptors (Lipinski definition) is 3. The normalized spacial score (nSPS) is 12.2. The Morgan fingerprint density at radius 2 is 2.00 bits per heavy atom. The van der Waals surface area contributed by atoms with E-state index in [2.05, 4.69) is 30.9 Å². The van der Waals surface area contributed by atoms with Crippen molar-refractivity contribution >= 4 is 11.5 Å². The third-order valence-electron chi connectivity index (χ3n) is 2.11. The van der Waals surface area contributed by atoms with Gasteiger partial charge in [-0.15, -0.1) is 5.10 Å². The van der Waals surface area contributed by atoms with Crippen molar-refractivity contribution in [3.8, 4) is 0 Å². The van der Waals surface area contributed by atoms with Crippen LogP contribution in [0, 0.1) is 0 Å². The van der Waals surface area contributed by atoms with Gasteiger partial charge in [-0.2, -0.15) is 0 Å². The highest BCUT2D eigenvalue weighted by Crippen LogP contribution is 2.21. The summed E-state index contributed by atoms with van der Waals surface area (Å²) in [6, 6.07) is 3.63. The highest BCUT2D eigenvalue weighted by molar-refractivity contribution is 5.43. The summed E-state index contributed by atoms with van der Waals surface area (Å²) < 4.78 is 1.72. The van der Waals surface area contributed by atoms with Crippen LogP contribution in [0.2, 0.25) is 0 Å². The summed E-state index contributed by atoms with van der Waals surface area (Å²) in [5.41, 5.74) is 7.49. The van der Waals surface area contributed by atoms with Crippen LogP contribution >= 0.6 is 0 Å². The lowest BCUT2D eigenvalue weighted by atomic mass is 9.93. The van der Waals surface area contributed by atoms with Gasteiger partial charge in [0.15, 0.2) is 5.65 Å². The van der Waals surface area contributed by atoms with Crippen molar-refractivity contribution in [2.75, 3.05) is 5.73 Å². The van der Waals surface area contributed by atoms with E-state index in [1.165, 1.54) is 0 Å². The fourth-order valence-electron chi connectivity index (χ4n) is 1.26. The largest absolute Gasteiger partial charge is 0.382 e. The second-order valence-corrected chi connectivity index (χ2v) is 4.44. The van der Waals surface area contributed by atoms with E-state index in [0.717, 1.165) is 11.3 Å². The minimum Gasteiger partial charge on any atom is -0.382 e. The first-order valence-electron chi connectivity index (χ1n) is 4.59. The number of aromatic nitrogens is 3. The predicted octanol–water partition coefficient (Wildman–Crippen LogP) is 1.61. The van der Waals surface area contributed by atoms with Crippen LogP contribution in [0.4, 0.5) is 5.82 Å². The topological polar surface area (TPSA) is 56.2 Å². The van der Waals surface area contributed by atoms with E-state index in [4.69, 9.17) is 5.73 Å². The summed E-state index contributed by atoms with van der Waals surface area (Å²) in [6.07, 6.45) is 1.92. The van der Waals surface area contributed by atoms with Crippen LogP contribution in [-0.2, 0) is 5.41 Å². The van der Waals surface area contributed by atoms with Gasteiger partial charge in [0.25, 0.3) is 0 Å². The van der Waals surface area contributed by atoms with E-state index >= 15 is 0 Å². The van der Waals surface area contributed by atoms with Crippen molar-refractivity contribution in [1.29, 1.82) is 0 Å². The van der Waals surface area contributed by atoms with E-state index < -0.39 is 0 Å². The first-order chi connectivity index (χ1) is 6.47. The lowest BCUT2D eigenvalue weighted by Crippen LogP contribution is -2.11. The maximum absolute atomic E-state index is 5.58. The molecule has 2 aromatic heterocycles. The predicted molar refractivity (Wildman–Crippen MR) is 56.1 cm³/mol. The van der Waals surface area contributed by atoms with Gasteiger partial charge >= 0.3 is 0 Å². The number of imidazole rings is 1. The van der Waals surface area contributed by atoms with Gasteiger partial charge < -0.3 is 5.73 Å². The Morgan fingerprint density at radius 1 is 1.29 bits per heavy atom. The molecule has 74 valence electrons. The van der Waals surface area contributed by atoms with Gasteiger partial charge in [0, 0.05) is 5.41 Å². The molecule has 0 aromatic carbocycles. The van der Waals surface area contributed by atoms with Crippen molar-refractivity contribution in [3.05, 3.63) is 24.0 Å². The monoisotopic (exact) mass is 190 g/mol. The number of fused-ring (bicyclic) bond motifs is 1. The minimum atomic E-state index is 0.0441. The van der Waals surface area contributed by atoms with Gasteiger partial charge in [-0.05, 0) is 12.1 Å². The zero-order valence-electron chi connectivity index (χ0n) is 8.65. The highest BCUT2D eigenvalue weighted by atomic mass is 15.3. The smallest absolute Gasteiger partial charge is 0.153 e. The van der Waals surface area contributed by atoms with Crippen molar-refractivity contribution in [2.45, 2.75) is 26.2 Å². The fourth-order valence-corrected chi connectivity index (χ4v) is 1.26. The van der Waals surface area contributed by atoms with Gasteiger partial charge in [-0.1, -0.05) is 20.8 Å². The van der Waals surface area contributed by atoms with Crippen LogP contribution in [-0.4, -0.2) is 14.6 Å². The number of hydrogen-bond donors (Lipinski definition) is 1. The molecule has 0 spiro atoms. The molecule has 0 saturated heterocycles. The number of nitrogens with zero attached hydrogens (tertiary/aromatic N) is 3. The lowest BCUT2D eigenvalue weighted by molar-refractivity contribution is 0.572. The average Bonchev–Trinajstić information content (AvgIpc) is 2.45. The number of nitrogen functional groups attached to an aromatic ring is 1. The van der Waals surface area contributed by atoms with Crippen molar-refractivity contribution in [3.63, 3.8) is 0 Å². The second-order valence-electron chi connectivity index (χ2n) is 4.44. The molecule has 2 aromatic rings. The van der Waals surface area contributed by atoms with Crippen LogP contribution in [0.1, 0.15) is 26.5 Å². The van der Waals surface area contributed by atoms with Crippen molar-refractivity contribution in [2.24, 2.45) is 0 Å². The van der Waals surface area contributed by atoms with Crippen LogP contribution < -0.4 is 5.73 Å². The molecule has 0 bridgehead atoms. The van der Waals surface area contributed by atoms with Crippen molar-refractivity contribution < 1.29 is 0 Å². The van der Waals surface area contributed by atoms with Crippen LogP contribution in [0.25, 0.3) is 5.65 Å². The summed E-state index contributed by atoms with van der Waals surface area (Å²) in [4.78, 5) is 4.47. The molecule has 14 heavy (non-hydrogen) atoms. The molecule has 4 heteroatoms. The van der Waals surface area contributed by atoms with Crippen LogP contribution in [0.15, 0.2) is 18.3 Å². The molecule has 0 amide bonds. The third kappa shape index (κ3) is 1.43. The average molecular weight is 190 g/mol. The second kappa shape index (κ2) is 2.70. The summed E-state index contributed by atoms with van der Waals surface area (Å²) >= 11 is 0.